The fourth-order valence-corrected chi connectivity index (χ4v) is 4.84. The molecule has 39 heavy (non-hydrogen) atoms. The van der Waals surface area contributed by atoms with Gasteiger partial charge in [-0.25, -0.2) is 0 Å². The van der Waals surface area contributed by atoms with Gasteiger partial charge in [-0.15, -0.1) is 0 Å². The number of nitrogens with two attached hydrogens (primary N) is 1. The number of hydrogen-bond donors (Lipinski definition) is 4. The molecule has 0 radical (unpaired) electrons. The summed E-state index contributed by atoms with van der Waals surface area (Å²) in [5.74, 6) is -5.51. The lowest BCUT2D eigenvalue weighted by atomic mass is 9.84. The van der Waals surface area contributed by atoms with E-state index in [2.05, 4.69) is 10.6 Å². The number of rotatable bonds is 17. The van der Waals surface area contributed by atoms with Crippen LogP contribution in [0.2, 0.25) is 0 Å². The molecule has 0 unspecified atom stereocenters. The van der Waals surface area contributed by atoms with Gasteiger partial charge in [-0.05, 0) is 56.1 Å². The van der Waals surface area contributed by atoms with Crippen LogP contribution in [0, 0.1) is 17.8 Å². The van der Waals surface area contributed by atoms with Gasteiger partial charge in [-0.1, -0.05) is 45.2 Å². The summed E-state index contributed by atoms with van der Waals surface area (Å²) in [5, 5.41) is 15.6. The minimum absolute atomic E-state index is 0.0832. The number of alkyl halides is 2. The van der Waals surface area contributed by atoms with E-state index in [4.69, 9.17) is 15.2 Å². The molecule has 1 aliphatic carbocycles. The van der Waals surface area contributed by atoms with Crippen molar-refractivity contribution in [2.24, 2.45) is 23.5 Å². The molecule has 1 saturated carbocycles. The molecule has 3 atom stereocenters. The first kappa shape index (κ1) is 32.9. The Bertz CT molecular complexity index is 880. The van der Waals surface area contributed by atoms with Gasteiger partial charge in [0, 0.05) is 38.8 Å². The van der Waals surface area contributed by atoms with Crippen LogP contribution < -0.4 is 21.1 Å². The van der Waals surface area contributed by atoms with Crippen LogP contribution in [0.15, 0.2) is 24.3 Å². The summed E-state index contributed by atoms with van der Waals surface area (Å²) in [6.45, 7) is 5.05. The number of unbranched alkanes of at least 4 members (excludes halogenated alkanes) is 1. The summed E-state index contributed by atoms with van der Waals surface area (Å²) >= 11 is 0. The summed E-state index contributed by atoms with van der Waals surface area (Å²) in [7, 11) is 1.65. The van der Waals surface area contributed by atoms with Gasteiger partial charge in [0.25, 0.3) is 11.8 Å². The number of methoxy groups -OCH3 is 1. The van der Waals surface area contributed by atoms with Crippen LogP contribution in [0.1, 0.15) is 75.6 Å². The zero-order valence-electron chi connectivity index (χ0n) is 23.6. The summed E-state index contributed by atoms with van der Waals surface area (Å²) in [5.41, 5.74) is 6.62. The number of aliphatic hydroxyl groups excluding tert-OH is 1. The Morgan fingerprint density at radius 1 is 1.08 bits per heavy atom. The molecule has 8 nitrogen and oxygen atoms in total. The quantitative estimate of drug-likeness (QED) is 0.216. The van der Waals surface area contributed by atoms with E-state index in [1.807, 2.05) is 19.9 Å². The van der Waals surface area contributed by atoms with Gasteiger partial charge in [-0.3, -0.25) is 9.59 Å². The van der Waals surface area contributed by atoms with Crippen LogP contribution >= 0.6 is 0 Å². The smallest absolute Gasteiger partial charge is 0.327 e. The van der Waals surface area contributed by atoms with E-state index in [0.29, 0.717) is 63.2 Å². The molecule has 0 aromatic heterocycles. The van der Waals surface area contributed by atoms with E-state index in [1.165, 1.54) is 0 Å². The molecule has 0 heterocycles. The van der Waals surface area contributed by atoms with Crippen LogP contribution in [0.5, 0.6) is 5.75 Å². The topological polar surface area (TPSA) is 123 Å². The molecule has 1 aromatic carbocycles. The van der Waals surface area contributed by atoms with Crippen LogP contribution in [-0.2, 0) is 9.53 Å². The number of carbonyl (C=O) groups excluding carboxylic acids is 2. The SMILES string of the molecule is COCCCCOc1ccccc1C(=O)NC[C@@H](C[C@H](N)[C@@H](O)CNC(=O)C(F)(F)C1CCCCC1)C(C)C. The highest BCUT2D eigenvalue weighted by Crippen LogP contribution is 2.36. The predicted molar refractivity (Wildman–Crippen MR) is 147 cm³/mol. The molecule has 0 aliphatic heterocycles. The highest BCUT2D eigenvalue weighted by atomic mass is 19.3. The number of amides is 2. The highest BCUT2D eigenvalue weighted by molar-refractivity contribution is 5.96. The van der Waals surface area contributed by atoms with Crippen molar-refractivity contribution >= 4 is 11.8 Å². The lowest BCUT2D eigenvalue weighted by Crippen LogP contribution is -2.51. The minimum atomic E-state index is -3.46. The van der Waals surface area contributed by atoms with Crippen LogP contribution in [-0.4, -0.2) is 68.4 Å². The molecule has 10 heteroatoms. The molecule has 1 fully saturated rings. The monoisotopic (exact) mass is 555 g/mol. The molecule has 0 saturated heterocycles. The van der Waals surface area contributed by atoms with Gasteiger partial charge in [-0.2, -0.15) is 8.78 Å². The second-order valence-electron chi connectivity index (χ2n) is 10.9. The molecule has 1 aromatic rings. The molecule has 5 N–H and O–H groups in total. The average Bonchev–Trinajstić information content (AvgIpc) is 2.93. The molecule has 2 rings (SSSR count). The second-order valence-corrected chi connectivity index (χ2v) is 10.9. The third-order valence-electron chi connectivity index (χ3n) is 7.56. The Morgan fingerprint density at radius 3 is 2.41 bits per heavy atom. The first-order valence-electron chi connectivity index (χ1n) is 14.2. The molecule has 222 valence electrons. The van der Waals surface area contributed by atoms with Crippen molar-refractivity contribution in [1.29, 1.82) is 0 Å². The molecule has 2 amide bonds. The van der Waals surface area contributed by atoms with Crippen LogP contribution in [0.3, 0.4) is 0 Å². The summed E-state index contributed by atoms with van der Waals surface area (Å²) in [6, 6.07) is 6.27. The van der Waals surface area contributed by atoms with E-state index in [9.17, 15) is 23.5 Å². The molecular formula is C29H47F2N3O5. The first-order chi connectivity index (χ1) is 18.6. The van der Waals surface area contributed by atoms with E-state index in [0.717, 1.165) is 19.3 Å². The van der Waals surface area contributed by atoms with Gasteiger partial charge >= 0.3 is 5.92 Å². The maximum atomic E-state index is 14.6. The minimum Gasteiger partial charge on any atom is -0.493 e. The molecule has 0 bridgehead atoms. The lowest BCUT2D eigenvalue weighted by molar-refractivity contribution is -0.156. The normalized spacial score (nSPS) is 16.9. The summed E-state index contributed by atoms with van der Waals surface area (Å²) in [6.07, 6.45) is 3.77. The Hall–Kier alpha value is -2.30. The zero-order valence-corrected chi connectivity index (χ0v) is 23.6. The maximum absolute atomic E-state index is 14.6. The number of hydrogen-bond acceptors (Lipinski definition) is 6. The highest BCUT2D eigenvalue weighted by Gasteiger charge is 2.47. The third-order valence-corrected chi connectivity index (χ3v) is 7.56. The number of ether oxygens (including phenoxy) is 2. The maximum Gasteiger partial charge on any atom is 0.327 e. The third kappa shape index (κ3) is 10.7. The van der Waals surface area contributed by atoms with E-state index in [1.54, 1.807) is 25.3 Å². The van der Waals surface area contributed by atoms with Crippen molar-refractivity contribution in [1.82, 2.24) is 10.6 Å². The second kappa shape index (κ2) is 16.7. The Morgan fingerprint density at radius 2 is 1.74 bits per heavy atom. The van der Waals surface area contributed by atoms with Crippen molar-refractivity contribution in [3.63, 3.8) is 0 Å². The van der Waals surface area contributed by atoms with E-state index < -0.39 is 29.9 Å². The number of aliphatic hydroxyl groups is 1. The average molecular weight is 556 g/mol. The van der Waals surface area contributed by atoms with Gasteiger partial charge in [0.1, 0.15) is 5.75 Å². The standard InChI is InChI=1S/C29H47F2N3O5/c1-20(2)21(18-33-27(36)23-13-7-8-14-26(23)39-16-10-9-15-38-3)17-24(32)25(35)19-34-28(37)29(30,31)22-11-5-4-6-12-22/h7-8,13-14,20-22,24-25,35H,4-6,9-12,15-19,32H2,1-3H3,(H,33,36)(H,34,37)/t21-,24+,25+/m1/s1. The van der Waals surface area contributed by atoms with Crippen molar-refractivity contribution < 1.29 is 33.0 Å². The Kier molecular flexibility index (Phi) is 14.1. The number of nitrogens with one attached hydrogen (secondary N) is 2. The lowest BCUT2D eigenvalue weighted by Gasteiger charge is -2.30. The molecular weight excluding hydrogens is 508 g/mol. The van der Waals surface area contributed by atoms with E-state index in [-0.39, 0.29) is 24.3 Å². The Balaban J connectivity index is 1.85. The fourth-order valence-electron chi connectivity index (χ4n) is 4.84. The van der Waals surface area contributed by atoms with Crippen molar-refractivity contribution in [2.45, 2.75) is 83.3 Å². The predicted octanol–water partition coefficient (Wildman–Crippen LogP) is 3.90. The largest absolute Gasteiger partial charge is 0.493 e. The number of carbonyl (C=O) groups is 2. The first-order valence-corrected chi connectivity index (χ1v) is 14.2. The number of benzene rings is 1. The van der Waals surface area contributed by atoms with Crippen molar-refractivity contribution in [3.8, 4) is 5.75 Å². The van der Waals surface area contributed by atoms with E-state index >= 15 is 0 Å². The molecule has 1 aliphatic rings. The van der Waals surface area contributed by atoms with Crippen LogP contribution in [0.4, 0.5) is 8.78 Å². The summed E-state index contributed by atoms with van der Waals surface area (Å²) in [4.78, 5) is 25.1. The van der Waals surface area contributed by atoms with Crippen molar-refractivity contribution in [2.75, 3.05) is 33.4 Å². The zero-order chi connectivity index (χ0) is 28.8. The number of para-hydroxylation sites is 1. The van der Waals surface area contributed by atoms with Crippen LogP contribution in [0.25, 0.3) is 0 Å². The van der Waals surface area contributed by atoms with Gasteiger partial charge in [0.2, 0.25) is 0 Å². The Labute approximate surface area is 231 Å². The van der Waals surface area contributed by atoms with Gasteiger partial charge in [0.15, 0.2) is 0 Å². The van der Waals surface area contributed by atoms with Gasteiger partial charge in [0.05, 0.1) is 18.3 Å². The van der Waals surface area contributed by atoms with Crippen molar-refractivity contribution in [3.05, 3.63) is 29.8 Å². The molecule has 0 spiro atoms. The summed E-state index contributed by atoms with van der Waals surface area (Å²) < 4.78 is 40.0. The van der Waals surface area contributed by atoms with Gasteiger partial charge < -0.3 is 30.9 Å². The number of halogens is 2. The fraction of sp³-hybridized carbons (Fsp3) is 0.724.